The lowest BCUT2D eigenvalue weighted by atomic mass is 9.69. The van der Waals surface area contributed by atoms with Crippen molar-refractivity contribution >= 4 is 11.4 Å². The van der Waals surface area contributed by atoms with Crippen molar-refractivity contribution in [3.63, 3.8) is 0 Å². The van der Waals surface area contributed by atoms with Gasteiger partial charge in [-0.2, -0.15) is 0 Å². The Balaban J connectivity index is 1.77. The van der Waals surface area contributed by atoms with Gasteiger partial charge in [0.25, 0.3) is 0 Å². The molecule has 0 fully saturated rings. The normalized spacial score (nSPS) is 17.9. The highest BCUT2D eigenvalue weighted by Gasteiger charge is 2.31. The van der Waals surface area contributed by atoms with Gasteiger partial charge in [-0.05, 0) is 87.1 Å². The second-order valence-corrected chi connectivity index (χ2v) is 13.1. The maximum atomic E-state index is 3.80. The predicted molar refractivity (Wildman–Crippen MR) is 150 cm³/mol. The fourth-order valence-electron chi connectivity index (χ4n) is 5.18. The van der Waals surface area contributed by atoms with Gasteiger partial charge in [-0.1, -0.05) is 98.7 Å². The van der Waals surface area contributed by atoms with Crippen LogP contribution in [0.4, 0.5) is 11.4 Å². The van der Waals surface area contributed by atoms with Crippen LogP contribution in [-0.2, 0) is 16.2 Å². The van der Waals surface area contributed by atoms with Gasteiger partial charge in [0.2, 0.25) is 0 Å². The second kappa shape index (κ2) is 8.59. The first-order valence-electron chi connectivity index (χ1n) is 12.9. The van der Waals surface area contributed by atoms with Crippen LogP contribution < -0.4 is 5.32 Å². The molecule has 1 nitrogen and oxygen atoms in total. The quantitative estimate of drug-likeness (QED) is 0.416. The van der Waals surface area contributed by atoms with E-state index in [1.807, 2.05) is 0 Å². The van der Waals surface area contributed by atoms with Crippen LogP contribution in [-0.4, -0.2) is 0 Å². The van der Waals surface area contributed by atoms with Gasteiger partial charge in [0, 0.05) is 16.9 Å². The van der Waals surface area contributed by atoms with E-state index >= 15 is 0 Å². The van der Waals surface area contributed by atoms with E-state index in [9.17, 15) is 0 Å². The molecule has 1 unspecified atom stereocenters. The number of rotatable bonds is 3. The minimum atomic E-state index is 0.102. The molecule has 0 heterocycles. The number of fused-ring (bicyclic) bond motifs is 1. The van der Waals surface area contributed by atoms with Crippen LogP contribution in [0.15, 0.2) is 60.7 Å². The van der Waals surface area contributed by atoms with Crippen LogP contribution in [0.1, 0.15) is 103 Å². The Hall–Kier alpha value is -2.54. The van der Waals surface area contributed by atoms with E-state index < -0.39 is 0 Å². The highest BCUT2D eigenvalue weighted by atomic mass is 14.9. The molecule has 4 rings (SSSR count). The van der Waals surface area contributed by atoms with E-state index in [0.29, 0.717) is 5.92 Å². The van der Waals surface area contributed by atoms with Crippen molar-refractivity contribution in [3.8, 4) is 11.1 Å². The van der Waals surface area contributed by atoms with Gasteiger partial charge < -0.3 is 5.32 Å². The fourth-order valence-corrected chi connectivity index (χ4v) is 5.18. The van der Waals surface area contributed by atoms with Crippen molar-refractivity contribution in [2.24, 2.45) is 0 Å². The van der Waals surface area contributed by atoms with E-state index in [4.69, 9.17) is 0 Å². The minimum absolute atomic E-state index is 0.102. The average molecular weight is 454 g/mol. The Morgan fingerprint density at radius 2 is 1.38 bits per heavy atom. The predicted octanol–water partition coefficient (Wildman–Crippen LogP) is 9.87. The summed E-state index contributed by atoms with van der Waals surface area (Å²) in [5.41, 5.74) is 11.1. The summed E-state index contributed by atoms with van der Waals surface area (Å²) in [5, 5.41) is 3.80. The molecule has 0 saturated carbocycles. The standard InChI is InChI=1S/C33H43N/c1-22-18-19-33(8,9)29-21-26(15-16-27(22)29)34-30-17-14-25(32(5,6)7)20-28(30)23-10-12-24(13-11-23)31(2,3)4/h10-17,20-22,34H,18-19H2,1-9H3. The zero-order valence-corrected chi connectivity index (χ0v) is 22.8. The molecule has 3 aromatic rings. The van der Waals surface area contributed by atoms with Crippen molar-refractivity contribution in [2.75, 3.05) is 5.32 Å². The van der Waals surface area contributed by atoms with Crippen LogP contribution in [0.2, 0.25) is 0 Å². The van der Waals surface area contributed by atoms with Gasteiger partial charge >= 0.3 is 0 Å². The summed E-state index contributed by atoms with van der Waals surface area (Å²) in [5.74, 6) is 0.639. The molecule has 0 bridgehead atoms. The lowest BCUT2D eigenvalue weighted by Gasteiger charge is -2.36. The fraction of sp³-hybridized carbons (Fsp3) is 0.455. The number of benzene rings is 3. The summed E-state index contributed by atoms with van der Waals surface area (Å²) in [6, 6.07) is 23.1. The van der Waals surface area contributed by atoms with Gasteiger partial charge in [-0.25, -0.2) is 0 Å². The minimum Gasteiger partial charge on any atom is -0.355 e. The van der Waals surface area contributed by atoms with E-state index in [0.717, 1.165) is 5.69 Å². The molecule has 0 saturated heterocycles. The van der Waals surface area contributed by atoms with Crippen molar-refractivity contribution in [1.29, 1.82) is 0 Å². The molecule has 0 amide bonds. The van der Waals surface area contributed by atoms with Gasteiger partial charge in [-0.3, -0.25) is 0 Å². The van der Waals surface area contributed by atoms with Gasteiger partial charge in [0.1, 0.15) is 0 Å². The highest BCUT2D eigenvalue weighted by molar-refractivity contribution is 5.82. The summed E-state index contributed by atoms with van der Waals surface area (Å²) in [6.07, 6.45) is 2.52. The SMILES string of the molecule is CC1CCC(C)(C)c2cc(Nc3ccc(C(C)(C)C)cc3-c3ccc(C(C)(C)C)cc3)ccc21. The molecule has 1 aliphatic rings. The van der Waals surface area contributed by atoms with Crippen molar-refractivity contribution in [1.82, 2.24) is 0 Å². The first kappa shape index (κ1) is 24.6. The molecule has 1 heteroatoms. The van der Waals surface area contributed by atoms with Gasteiger partial charge in [0.15, 0.2) is 0 Å². The Bertz CT molecular complexity index is 1170. The topological polar surface area (TPSA) is 12.0 Å². The third kappa shape index (κ3) is 4.95. The van der Waals surface area contributed by atoms with Gasteiger partial charge in [0.05, 0.1) is 0 Å². The van der Waals surface area contributed by atoms with Crippen molar-refractivity contribution in [2.45, 2.75) is 97.3 Å². The van der Waals surface area contributed by atoms with Crippen LogP contribution in [0.3, 0.4) is 0 Å². The maximum Gasteiger partial charge on any atom is 0.0464 e. The zero-order valence-electron chi connectivity index (χ0n) is 22.8. The Labute approximate surface area is 208 Å². The molecular formula is C33H43N. The maximum absolute atomic E-state index is 3.80. The summed E-state index contributed by atoms with van der Waals surface area (Å²) >= 11 is 0. The van der Waals surface area contributed by atoms with E-state index in [-0.39, 0.29) is 16.2 Å². The molecule has 1 aliphatic carbocycles. The van der Waals surface area contributed by atoms with Crippen LogP contribution in [0.25, 0.3) is 11.1 Å². The molecule has 0 spiro atoms. The third-order valence-corrected chi connectivity index (χ3v) is 7.74. The van der Waals surface area contributed by atoms with Crippen LogP contribution in [0, 0.1) is 0 Å². The van der Waals surface area contributed by atoms with Crippen molar-refractivity contribution < 1.29 is 0 Å². The summed E-state index contributed by atoms with van der Waals surface area (Å²) in [4.78, 5) is 0. The monoisotopic (exact) mass is 453 g/mol. The summed E-state index contributed by atoms with van der Waals surface area (Å²) in [6.45, 7) is 20.8. The summed E-state index contributed by atoms with van der Waals surface area (Å²) in [7, 11) is 0. The number of anilines is 2. The second-order valence-electron chi connectivity index (χ2n) is 13.1. The molecular weight excluding hydrogens is 410 g/mol. The molecule has 1 N–H and O–H groups in total. The van der Waals surface area contributed by atoms with Crippen molar-refractivity contribution in [3.05, 3.63) is 82.9 Å². The van der Waals surface area contributed by atoms with Crippen LogP contribution in [0.5, 0.6) is 0 Å². The van der Waals surface area contributed by atoms with E-state index in [1.54, 1.807) is 0 Å². The largest absolute Gasteiger partial charge is 0.355 e. The zero-order chi connectivity index (χ0) is 24.9. The highest BCUT2D eigenvalue weighted by Crippen LogP contribution is 2.44. The Kier molecular flexibility index (Phi) is 6.21. The van der Waals surface area contributed by atoms with Gasteiger partial charge in [-0.15, -0.1) is 0 Å². The lowest BCUT2D eigenvalue weighted by Crippen LogP contribution is -2.25. The number of nitrogens with one attached hydrogen (secondary N) is 1. The summed E-state index contributed by atoms with van der Waals surface area (Å²) < 4.78 is 0. The lowest BCUT2D eigenvalue weighted by molar-refractivity contribution is 0.402. The molecule has 0 aromatic heterocycles. The Morgan fingerprint density at radius 1 is 0.765 bits per heavy atom. The first-order chi connectivity index (χ1) is 15.8. The smallest absolute Gasteiger partial charge is 0.0464 e. The molecule has 1 atom stereocenters. The number of hydrogen-bond acceptors (Lipinski definition) is 1. The Morgan fingerprint density at radius 3 is 2.00 bits per heavy atom. The molecule has 3 aromatic carbocycles. The molecule has 0 aliphatic heterocycles. The third-order valence-electron chi connectivity index (χ3n) is 7.74. The average Bonchev–Trinajstić information content (AvgIpc) is 2.76. The molecule has 180 valence electrons. The van der Waals surface area contributed by atoms with E-state index in [1.165, 1.54) is 51.9 Å². The molecule has 0 radical (unpaired) electrons. The first-order valence-corrected chi connectivity index (χ1v) is 12.9. The van der Waals surface area contributed by atoms with Crippen LogP contribution >= 0.6 is 0 Å². The molecule has 34 heavy (non-hydrogen) atoms. The van der Waals surface area contributed by atoms with E-state index in [2.05, 4.69) is 128 Å². The number of hydrogen-bond donors (Lipinski definition) is 1.